The van der Waals surface area contributed by atoms with Crippen LogP contribution in [-0.4, -0.2) is 213 Å². The first-order chi connectivity index (χ1) is 52.1. The maximum absolute atomic E-state index is 16.9. The van der Waals surface area contributed by atoms with E-state index in [-0.39, 0.29) is 33.5 Å². The van der Waals surface area contributed by atoms with E-state index in [0.29, 0.717) is 95.8 Å². The number of alkyl halides is 8. The second-order valence-corrected chi connectivity index (χ2v) is 31.2. The van der Waals surface area contributed by atoms with Crippen molar-refractivity contribution in [1.29, 1.82) is 0 Å². The van der Waals surface area contributed by atoms with Crippen LogP contribution in [0.15, 0.2) is 79.3 Å². The quantitative estimate of drug-likeness (QED) is 0.00407. The Kier molecular flexibility index (Phi) is 27.8. The van der Waals surface area contributed by atoms with Gasteiger partial charge < -0.3 is 54.7 Å². The minimum Gasteiger partial charge on any atom is -0.480 e. The summed E-state index contributed by atoms with van der Waals surface area (Å²) in [7, 11) is -9.05. The number of methoxy groups -OCH3 is 2. The zero-order chi connectivity index (χ0) is 83.0. The van der Waals surface area contributed by atoms with Gasteiger partial charge in [-0.05, 0) is 101 Å². The summed E-state index contributed by atoms with van der Waals surface area (Å²) in [5.41, 5.74) is -8.85. The number of phosphoric ester groups is 1. The average molecular weight is 1640 g/mol. The Balaban J connectivity index is 1.27. The third-order valence-corrected chi connectivity index (χ3v) is 20.3. The number of piperazine rings is 1. The zero-order valence-corrected chi connectivity index (χ0v) is 62.8. The number of ether oxygens (including phenoxy) is 4. The molecule has 2 aromatic heterocycles. The number of carbonyl (C=O) groups excluding carboxylic acids is 6. The smallest absolute Gasteiger partial charge is 0.480 e. The molecule has 3 aromatic carbocycles. The molecule has 7 atom stereocenters. The fourth-order valence-corrected chi connectivity index (χ4v) is 13.9. The first kappa shape index (κ1) is 87.8. The monoisotopic (exact) mass is 1630 g/mol. The van der Waals surface area contributed by atoms with Gasteiger partial charge in [0.15, 0.2) is 0 Å². The number of hydrogen-bond acceptors (Lipinski definition) is 21. The van der Waals surface area contributed by atoms with Gasteiger partial charge in [-0.2, -0.15) is 48.6 Å². The van der Waals surface area contributed by atoms with Gasteiger partial charge in [-0.1, -0.05) is 50.0 Å². The maximum Gasteiger partial charge on any atom is 0.524 e. The van der Waals surface area contributed by atoms with Crippen LogP contribution in [0.4, 0.5) is 59.4 Å². The Bertz CT molecular complexity index is 4470. The summed E-state index contributed by atoms with van der Waals surface area (Å²) in [5.74, 6) is -7.05. The SMILES string of the molecule is COC(=O)N[C@H](C(=O)N[C@@H](Cc1ccc(C#Cc2cnc(N3CC4CCC(C3)N4C3COC3)nc2)cc1)[C@H](CN(Cc1c(F)cc(-c2ccn(C(F)F)n2)cc1F)NC(=O)[C@@H](NC(=O)OC)C(C)(C)C(F)(F)F)OC(=O)CC(C)(C)c1c(CC(=O)N[C@@H](CCS(=O)(=O)O)C(=O)O)cccc1OP(=O)(O)O)C(C)(C)C(F)(F)F. The predicted molar refractivity (Wildman–Crippen MR) is 372 cm³/mol. The number of amides is 5. The molecule has 0 spiro atoms. The van der Waals surface area contributed by atoms with Gasteiger partial charge in [-0.25, -0.2) is 47.4 Å². The zero-order valence-electron chi connectivity index (χ0n) is 61.1. The lowest BCUT2D eigenvalue weighted by atomic mass is 9.77. The number of carbonyl (C=O) groups is 7. The number of hydrazine groups is 1. The van der Waals surface area contributed by atoms with E-state index in [4.69, 9.17) is 14.0 Å². The maximum atomic E-state index is 16.9. The second-order valence-electron chi connectivity index (χ2n) is 28.4. The topological polar surface area (TPSA) is 411 Å². The molecule has 3 fully saturated rings. The number of alkyl carbamates (subject to hydrolysis) is 2. The number of hydrogen-bond donors (Lipinski definition) is 9. The number of aromatic nitrogens is 4. The molecular weight excluding hydrogens is 1550 g/mol. The van der Waals surface area contributed by atoms with Crippen LogP contribution in [0.1, 0.15) is 107 Å². The molecule has 5 amide bonds. The molecule has 9 N–H and O–H groups in total. The number of fused-ring (bicyclic) bond motifs is 2. The van der Waals surface area contributed by atoms with Gasteiger partial charge in [-0.15, -0.1) is 0 Å². The van der Waals surface area contributed by atoms with Gasteiger partial charge in [-0.3, -0.25) is 43.8 Å². The number of halogens is 10. The molecule has 0 aliphatic carbocycles. The molecule has 2 unspecified atom stereocenters. The normalized spacial score (nSPS) is 17.2. The molecule has 3 saturated heterocycles. The predicted octanol–water partition coefficient (Wildman–Crippen LogP) is 6.79. The van der Waals surface area contributed by atoms with Crippen molar-refractivity contribution in [2.45, 2.75) is 159 Å². The minimum absolute atomic E-state index is 0.0396. The van der Waals surface area contributed by atoms with Gasteiger partial charge >= 0.3 is 50.8 Å². The van der Waals surface area contributed by atoms with Crippen molar-refractivity contribution in [2.75, 3.05) is 57.7 Å². The molecule has 3 aliphatic rings. The molecule has 2 bridgehead atoms. The first-order valence-electron chi connectivity index (χ1n) is 34.2. The van der Waals surface area contributed by atoms with Crippen molar-refractivity contribution in [2.24, 2.45) is 10.8 Å². The Morgan fingerprint density at radius 3 is 1.83 bits per heavy atom. The number of benzene rings is 3. The molecule has 5 aromatic rings. The number of rotatable bonds is 32. The lowest BCUT2D eigenvalue weighted by Crippen LogP contribution is -2.64. The molecule has 3 aliphatic heterocycles. The third kappa shape index (κ3) is 22.5. The first-order valence-corrected chi connectivity index (χ1v) is 37.3. The Labute approximate surface area is 634 Å². The van der Waals surface area contributed by atoms with E-state index in [9.17, 15) is 65.2 Å². The van der Waals surface area contributed by atoms with Crippen molar-refractivity contribution in [1.82, 2.24) is 56.4 Å². The number of esters is 1. The van der Waals surface area contributed by atoms with E-state index < -0.39 is 209 Å². The number of anilines is 1. The number of nitrogens with one attached hydrogen (secondary N) is 5. The van der Waals surface area contributed by atoms with Crippen LogP contribution in [0, 0.1) is 34.3 Å². The number of phosphoric acid groups is 1. The summed E-state index contributed by atoms with van der Waals surface area (Å²) in [6.45, 7) is 0.806. The molecule has 8 rings (SSSR count). The Hall–Kier alpha value is -9.76. The summed E-state index contributed by atoms with van der Waals surface area (Å²) in [4.78, 5) is 131. The minimum atomic E-state index is -5.67. The number of aliphatic carboxylic acids is 1. The van der Waals surface area contributed by atoms with Crippen LogP contribution in [0.5, 0.6) is 5.75 Å². The van der Waals surface area contributed by atoms with Crippen molar-refractivity contribution < 1.29 is 133 Å². The molecule has 0 radical (unpaired) electrons. The summed E-state index contributed by atoms with van der Waals surface area (Å²) in [5, 5.41) is 21.8. The third-order valence-electron chi connectivity index (χ3n) is 19.2. The van der Waals surface area contributed by atoms with Gasteiger partial charge in [0.05, 0.1) is 86.7 Å². The van der Waals surface area contributed by atoms with Crippen LogP contribution in [-0.2, 0) is 82.4 Å². The number of carboxylic acids is 1. The molecule has 0 saturated carbocycles. The highest BCUT2D eigenvalue weighted by atomic mass is 32.2. The van der Waals surface area contributed by atoms with E-state index in [1.807, 2.05) is 16.1 Å². The Morgan fingerprint density at radius 2 is 1.33 bits per heavy atom. The highest BCUT2D eigenvalue weighted by molar-refractivity contribution is 7.85. The second kappa shape index (κ2) is 35.5. The lowest BCUT2D eigenvalue weighted by molar-refractivity contribution is -0.221. The van der Waals surface area contributed by atoms with Gasteiger partial charge in [0.25, 0.3) is 16.0 Å². The van der Waals surface area contributed by atoms with E-state index in [0.717, 1.165) is 50.4 Å². The molecule has 612 valence electrons. The van der Waals surface area contributed by atoms with Crippen molar-refractivity contribution >= 4 is 65.7 Å². The van der Waals surface area contributed by atoms with Crippen molar-refractivity contribution in [3.05, 3.63) is 124 Å². The highest BCUT2D eigenvalue weighted by Crippen LogP contribution is 2.46. The fourth-order valence-electron chi connectivity index (χ4n) is 13.0. The largest absolute Gasteiger partial charge is 0.524 e. The molecule has 112 heavy (non-hydrogen) atoms. The van der Waals surface area contributed by atoms with Crippen LogP contribution >= 0.6 is 7.82 Å². The van der Waals surface area contributed by atoms with Crippen LogP contribution in [0.3, 0.4) is 0 Å². The van der Waals surface area contributed by atoms with E-state index in [1.54, 1.807) is 5.32 Å². The summed E-state index contributed by atoms with van der Waals surface area (Å²) < 4.78 is 223. The summed E-state index contributed by atoms with van der Waals surface area (Å²) >= 11 is 0. The Morgan fingerprint density at radius 1 is 0.768 bits per heavy atom. The van der Waals surface area contributed by atoms with Crippen LogP contribution in [0.2, 0.25) is 0 Å². The standard InChI is InChI=1S/C69H81F10N12O19PS/c1-65(2,55-40(10-9-11-51(55)110-111(100,101)102)27-53(92)82-49(60(96)97)21-23-112(103,104)105)28-54(93)109-52(34-89(87-59(95)57(85-64(99)107-8)67(5,6)69(77,78)79)33-45-46(70)25-41(26-47(45)71)48-20-22-90(86-48)61(72)73)50(83-58(94)56(84-63(98)106-7)66(3,4)68(74,75)76)24-38-15-12-37(13-16-38)14-17-39-29-80-62(81-30-39)88-31-42-18-19-43(32-88)91(42)44-35-108-36-44/h9-13,15-16,20,22,25-26,29-30,42-44,49-50,52,56-57,61H,18-19,21,23-24,27-28,31-36H2,1-8H3,(H,82,92)(H,83,94)(H,84,98)(H,85,99)(H,87,95)(H,96,97)(H2,100,101,102)(H,103,104,105)/t42?,43?,49-,50-,52-,56+,57+/m0/s1. The lowest BCUT2D eigenvalue weighted by Gasteiger charge is -2.47. The van der Waals surface area contributed by atoms with Crippen LogP contribution in [0.25, 0.3) is 11.3 Å². The van der Waals surface area contributed by atoms with Gasteiger partial charge in [0.1, 0.15) is 41.6 Å². The molecule has 43 heteroatoms. The fraction of sp³-hybridized carbons (Fsp3) is 0.507. The van der Waals surface area contributed by atoms with Crippen LogP contribution < -0.4 is 36.1 Å². The van der Waals surface area contributed by atoms with E-state index in [1.165, 1.54) is 50.5 Å². The summed E-state index contributed by atoms with van der Waals surface area (Å²) in [6, 6.07) is 1.93. The van der Waals surface area contributed by atoms with E-state index >= 15 is 44.7 Å². The van der Waals surface area contributed by atoms with Crippen molar-refractivity contribution in [3.8, 4) is 28.8 Å². The van der Waals surface area contributed by atoms with Crippen molar-refractivity contribution in [3.63, 3.8) is 0 Å². The van der Waals surface area contributed by atoms with Gasteiger partial charge in [0, 0.05) is 78.0 Å². The summed E-state index contributed by atoms with van der Waals surface area (Å²) in [6.07, 6.45) is -14.6. The molecule has 5 heterocycles. The average Bonchev–Trinajstić information content (AvgIpc) is 1.78. The number of nitrogens with zero attached hydrogens (tertiary/aromatic N) is 7. The molecule has 31 nitrogen and oxygen atoms in total. The molecular formula is C69H81F10N12O19PS. The highest BCUT2D eigenvalue weighted by Gasteiger charge is 2.58. The van der Waals surface area contributed by atoms with E-state index in [2.05, 4.69) is 51.5 Å². The number of carboxylic acid groups (broad SMARTS) is 1. The van der Waals surface area contributed by atoms with Gasteiger partial charge in [0.2, 0.25) is 17.8 Å².